The third kappa shape index (κ3) is 3.92. The molecule has 0 bridgehead atoms. The summed E-state index contributed by atoms with van der Waals surface area (Å²) >= 11 is 0. The number of hydrogen-bond acceptors (Lipinski definition) is 4. The predicted octanol–water partition coefficient (Wildman–Crippen LogP) is 1.99. The van der Waals surface area contributed by atoms with E-state index in [2.05, 4.69) is 9.47 Å². The van der Waals surface area contributed by atoms with Crippen LogP contribution in [-0.2, 0) is 9.53 Å². The van der Waals surface area contributed by atoms with E-state index in [4.69, 9.17) is 5.73 Å². The average Bonchev–Trinajstić information content (AvgIpc) is 2.31. The Hall–Kier alpha value is -1.76. The number of ether oxygens (including phenoxy) is 2. The maximum Gasteiger partial charge on any atom is 0.387 e. The highest BCUT2D eigenvalue weighted by molar-refractivity contribution is 5.70. The maximum atomic E-state index is 13.1. The molecule has 4 nitrogen and oxygen atoms in total. The van der Waals surface area contributed by atoms with Gasteiger partial charge in [0, 0.05) is 6.04 Å². The fourth-order valence-electron chi connectivity index (χ4n) is 1.32. The Labute approximate surface area is 101 Å². The van der Waals surface area contributed by atoms with Crippen LogP contribution in [0.15, 0.2) is 18.2 Å². The Morgan fingerprint density at radius 3 is 2.67 bits per heavy atom. The largest absolute Gasteiger partial charge is 0.469 e. The van der Waals surface area contributed by atoms with Crippen molar-refractivity contribution in [1.29, 1.82) is 0 Å². The Bertz CT molecular complexity index is 426. The topological polar surface area (TPSA) is 61.5 Å². The molecule has 0 saturated heterocycles. The summed E-state index contributed by atoms with van der Waals surface area (Å²) < 4.78 is 45.5. The summed E-state index contributed by atoms with van der Waals surface area (Å²) in [7, 11) is 1.20. The van der Waals surface area contributed by atoms with Crippen molar-refractivity contribution >= 4 is 5.97 Å². The second-order valence-electron chi connectivity index (χ2n) is 3.46. The molecule has 0 unspecified atom stereocenters. The van der Waals surface area contributed by atoms with Crippen LogP contribution in [0.4, 0.5) is 13.2 Å². The summed E-state index contributed by atoms with van der Waals surface area (Å²) in [5.74, 6) is -2.09. The van der Waals surface area contributed by atoms with Crippen molar-refractivity contribution in [3.63, 3.8) is 0 Å². The van der Waals surface area contributed by atoms with E-state index in [0.29, 0.717) is 5.56 Å². The molecule has 0 fully saturated rings. The normalized spacial score (nSPS) is 12.3. The number of rotatable bonds is 5. The molecule has 2 N–H and O–H groups in total. The zero-order valence-electron chi connectivity index (χ0n) is 9.53. The first-order chi connectivity index (χ1) is 8.43. The van der Waals surface area contributed by atoms with Crippen molar-refractivity contribution < 1.29 is 27.4 Å². The van der Waals surface area contributed by atoms with Crippen LogP contribution in [0.1, 0.15) is 18.0 Å². The molecule has 100 valence electrons. The lowest BCUT2D eigenvalue weighted by atomic mass is 10.0. The molecule has 1 rings (SSSR count). The molecule has 1 aromatic rings. The van der Waals surface area contributed by atoms with E-state index in [1.165, 1.54) is 13.2 Å². The molecule has 0 radical (unpaired) electrons. The summed E-state index contributed by atoms with van der Waals surface area (Å²) in [6, 6.07) is 2.50. The second-order valence-corrected chi connectivity index (χ2v) is 3.46. The lowest BCUT2D eigenvalue weighted by Gasteiger charge is -2.13. The van der Waals surface area contributed by atoms with Gasteiger partial charge in [-0.2, -0.15) is 8.78 Å². The number of carbonyl (C=O) groups excluding carboxylic acids is 1. The number of nitrogens with two attached hydrogens (primary N) is 1. The molecule has 0 aliphatic carbocycles. The Morgan fingerprint density at radius 1 is 1.44 bits per heavy atom. The van der Waals surface area contributed by atoms with Crippen molar-refractivity contribution in [1.82, 2.24) is 0 Å². The van der Waals surface area contributed by atoms with Crippen LogP contribution in [-0.4, -0.2) is 19.7 Å². The van der Waals surface area contributed by atoms with Crippen LogP contribution < -0.4 is 10.5 Å². The van der Waals surface area contributed by atoms with Gasteiger partial charge in [0.2, 0.25) is 0 Å². The maximum absolute atomic E-state index is 13.1. The molecule has 0 saturated carbocycles. The predicted molar refractivity (Wildman–Crippen MR) is 56.6 cm³/mol. The fourth-order valence-corrected chi connectivity index (χ4v) is 1.32. The zero-order valence-corrected chi connectivity index (χ0v) is 9.53. The van der Waals surface area contributed by atoms with Gasteiger partial charge in [-0.1, -0.05) is 6.07 Å². The van der Waals surface area contributed by atoms with Crippen LogP contribution in [0.3, 0.4) is 0 Å². The molecular weight excluding hydrogens is 251 g/mol. The molecule has 0 aliphatic rings. The van der Waals surface area contributed by atoms with Gasteiger partial charge in [-0.25, -0.2) is 4.39 Å². The number of halogens is 3. The minimum absolute atomic E-state index is 0.143. The Balaban J connectivity index is 2.86. The first kappa shape index (κ1) is 14.3. The molecule has 1 atom stereocenters. The monoisotopic (exact) mass is 263 g/mol. The molecule has 0 aromatic heterocycles. The highest BCUT2D eigenvalue weighted by Gasteiger charge is 2.16. The highest BCUT2D eigenvalue weighted by Crippen LogP contribution is 2.24. The van der Waals surface area contributed by atoms with E-state index in [-0.39, 0.29) is 6.42 Å². The summed E-state index contributed by atoms with van der Waals surface area (Å²) in [5.41, 5.74) is 5.96. The van der Waals surface area contributed by atoms with Crippen molar-refractivity contribution in [3.05, 3.63) is 29.6 Å². The van der Waals surface area contributed by atoms with E-state index in [9.17, 15) is 18.0 Å². The molecule has 18 heavy (non-hydrogen) atoms. The van der Waals surface area contributed by atoms with Crippen molar-refractivity contribution in [2.45, 2.75) is 19.1 Å². The molecule has 0 spiro atoms. The van der Waals surface area contributed by atoms with E-state index in [1.807, 2.05) is 0 Å². The van der Waals surface area contributed by atoms with Gasteiger partial charge < -0.3 is 15.2 Å². The van der Waals surface area contributed by atoms with Gasteiger partial charge in [0.15, 0.2) is 11.6 Å². The van der Waals surface area contributed by atoms with Crippen molar-refractivity contribution in [2.75, 3.05) is 7.11 Å². The molecule has 7 heteroatoms. The quantitative estimate of drug-likeness (QED) is 0.825. The van der Waals surface area contributed by atoms with Gasteiger partial charge in [-0.3, -0.25) is 4.79 Å². The van der Waals surface area contributed by atoms with Crippen molar-refractivity contribution in [3.8, 4) is 5.75 Å². The van der Waals surface area contributed by atoms with E-state index in [1.54, 1.807) is 0 Å². The standard InChI is InChI=1S/C11H12F3NO3/c1-17-10(16)5-8(15)6-2-3-7(12)9(4-6)18-11(13)14/h2-4,8,11H,5,15H2,1H3/t8-/m0/s1. The summed E-state index contributed by atoms with van der Waals surface area (Å²) in [4.78, 5) is 11.0. The number of methoxy groups -OCH3 is 1. The minimum atomic E-state index is -3.13. The number of benzene rings is 1. The summed E-state index contributed by atoms with van der Waals surface area (Å²) in [5, 5.41) is 0. The zero-order chi connectivity index (χ0) is 13.7. The number of carbonyl (C=O) groups is 1. The van der Waals surface area contributed by atoms with Crippen molar-refractivity contribution in [2.24, 2.45) is 5.73 Å². The van der Waals surface area contributed by atoms with Gasteiger partial charge in [0.1, 0.15) is 0 Å². The molecule has 0 amide bonds. The Morgan fingerprint density at radius 2 is 2.11 bits per heavy atom. The Kier molecular flexibility index (Phi) is 4.96. The van der Waals surface area contributed by atoms with Gasteiger partial charge in [0.25, 0.3) is 0 Å². The minimum Gasteiger partial charge on any atom is -0.469 e. The van der Waals surface area contributed by atoms with E-state index in [0.717, 1.165) is 12.1 Å². The first-order valence-corrected chi connectivity index (χ1v) is 5.00. The highest BCUT2D eigenvalue weighted by atomic mass is 19.3. The van der Waals surface area contributed by atoms with E-state index >= 15 is 0 Å². The van der Waals surface area contributed by atoms with Gasteiger partial charge in [0.05, 0.1) is 13.5 Å². The fraction of sp³-hybridized carbons (Fsp3) is 0.364. The van der Waals surface area contributed by atoms with Crippen LogP contribution in [0.25, 0.3) is 0 Å². The van der Waals surface area contributed by atoms with Gasteiger partial charge >= 0.3 is 12.6 Å². The number of alkyl halides is 2. The number of hydrogen-bond donors (Lipinski definition) is 1. The molecular formula is C11H12F3NO3. The lowest BCUT2D eigenvalue weighted by molar-refractivity contribution is -0.141. The van der Waals surface area contributed by atoms with Crippen LogP contribution in [0.2, 0.25) is 0 Å². The third-order valence-electron chi connectivity index (χ3n) is 2.21. The van der Waals surface area contributed by atoms with Crippen LogP contribution >= 0.6 is 0 Å². The third-order valence-corrected chi connectivity index (χ3v) is 2.21. The first-order valence-electron chi connectivity index (χ1n) is 5.00. The average molecular weight is 263 g/mol. The summed E-state index contributed by atoms with van der Waals surface area (Å²) in [6.07, 6.45) is -0.143. The second kappa shape index (κ2) is 6.25. The molecule has 1 aromatic carbocycles. The SMILES string of the molecule is COC(=O)C[C@H](N)c1ccc(F)c(OC(F)F)c1. The van der Waals surface area contributed by atoms with Crippen LogP contribution in [0, 0.1) is 5.82 Å². The molecule has 0 heterocycles. The number of esters is 1. The van der Waals surface area contributed by atoms with E-state index < -0.39 is 30.2 Å². The van der Waals surface area contributed by atoms with Crippen LogP contribution in [0.5, 0.6) is 5.75 Å². The summed E-state index contributed by atoms with van der Waals surface area (Å²) in [6.45, 7) is -3.13. The lowest BCUT2D eigenvalue weighted by Crippen LogP contribution is -2.16. The van der Waals surface area contributed by atoms with Gasteiger partial charge in [-0.05, 0) is 17.7 Å². The smallest absolute Gasteiger partial charge is 0.387 e. The molecule has 0 aliphatic heterocycles. The van der Waals surface area contributed by atoms with Gasteiger partial charge in [-0.15, -0.1) is 0 Å².